The first-order chi connectivity index (χ1) is 13.5. The molecule has 3 aromatic rings. The molecule has 0 bridgehead atoms. The van der Waals surface area contributed by atoms with E-state index >= 15 is 0 Å². The Labute approximate surface area is 186 Å². The van der Waals surface area contributed by atoms with Crippen LogP contribution in [-0.4, -0.2) is 23.2 Å². The maximum Gasteiger partial charge on any atom is 0.283 e. The molecule has 3 N–H and O–H groups in total. The third kappa shape index (κ3) is 3.54. The normalized spacial score (nSPS) is 13.8. The number of phenols is 2. The van der Waals surface area contributed by atoms with E-state index in [-0.39, 0.29) is 31.2 Å². The molecule has 0 saturated heterocycles. The van der Waals surface area contributed by atoms with E-state index in [0.717, 1.165) is 12.1 Å². The summed E-state index contributed by atoms with van der Waals surface area (Å²) in [5.74, 6) is -0.980. The Hall–Kier alpha value is -1.67. The molecule has 0 heterocycles. The number of hydrogen-bond acceptors (Lipinski definition) is 4. The van der Waals surface area contributed by atoms with Gasteiger partial charge in [-0.3, -0.25) is 4.55 Å². The van der Waals surface area contributed by atoms with Gasteiger partial charge >= 0.3 is 0 Å². The molecule has 0 aliphatic carbocycles. The summed E-state index contributed by atoms with van der Waals surface area (Å²) in [7, 11) is -5.19. The number of rotatable bonds is 4. The lowest BCUT2D eigenvalue weighted by Gasteiger charge is -2.35. The smallest absolute Gasteiger partial charge is 0.283 e. The van der Waals surface area contributed by atoms with E-state index in [1.54, 1.807) is 6.07 Å². The molecule has 0 spiro atoms. The van der Waals surface area contributed by atoms with Crippen LogP contribution in [0.4, 0.5) is 0 Å². The minimum atomic E-state index is -5.19. The third-order valence-electron chi connectivity index (χ3n) is 4.38. The highest BCUT2D eigenvalue weighted by molar-refractivity contribution is 7.87. The molecule has 0 fully saturated rings. The molecule has 0 aromatic heterocycles. The molecule has 0 aliphatic rings. The Kier molecular flexibility index (Phi) is 5.98. The maximum absolute atomic E-state index is 13.0. The second-order valence-electron chi connectivity index (χ2n) is 6.06. The zero-order chi connectivity index (χ0) is 21.6. The van der Waals surface area contributed by atoms with Crippen molar-refractivity contribution in [2.75, 3.05) is 0 Å². The van der Waals surface area contributed by atoms with Gasteiger partial charge in [0.15, 0.2) is 4.75 Å². The topological polar surface area (TPSA) is 94.8 Å². The SMILES string of the molecule is O=S(=O)(O)C(c1ccccc1Cl)(c1cc(O)cc(Cl)c1Cl)c1c(O)cccc1Cl. The van der Waals surface area contributed by atoms with Crippen LogP contribution in [0.2, 0.25) is 20.1 Å². The Morgan fingerprint density at radius 2 is 1.38 bits per heavy atom. The van der Waals surface area contributed by atoms with Crippen molar-refractivity contribution in [2.45, 2.75) is 4.75 Å². The van der Waals surface area contributed by atoms with Crippen LogP contribution in [0.25, 0.3) is 0 Å². The quantitative estimate of drug-likeness (QED) is 0.311. The van der Waals surface area contributed by atoms with Gasteiger partial charge in [-0.05, 0) is 24.3 Å². The van der Waals surface area contributed by atoms with Gasteiger partial charge < -0.3 is 10.2 Å². The van der Waals surface area contributed by atoms with Crippen LogP contribution in [0.5, 0.6) is 11.5 Å². The summed E-state index contributed by atoms with van der Waals surface area (Å²) < 4.78 is 34.0. The molecule has 0 saturated carbocycles. The molecular weight excluding hydrogens is 482 g/mol. The average Bonchev–Trinajstić information content (AvgIpc) is 2.61. The highest BCUT2D eigenvalue weighted by Crippen LogP contribution is 2.54. The van der Waals surface area contributed by atoms with E-state index in [4.69, 9.17) is 46.4 Å². The zero-order valence-corrected chi connectivity index (χ0v) is 18.1. The first kappa shape index (κ1) is 22.0. The highest BCUT2D eigenvalue weighted by Gasteiger charge is 2.53. The van der Waals surface area contributed by atoms with Gasteiger partial charge in [-0.15, -0.1) is 0 Å². The fourth-order valence-electron chi connectivity index (χ4n) is 3.26. The molecule has 1 atom stereocenters. The fraction of sp³-hybridized carbons (Fsp3) is 0.0526. The lowest BCUT2D eigenvalue weighted by Crippen LogP contribution is -2.39. The molecular formula is C19H12Cl4O5S. The lowest BCUT2D eigenvalue weighted by atomic mass is 9.83. The van der Waals surface area contributed by atoms with E-state index < -0.39 is 31.9 Å². The molecule has 10 heteroatoms. The molecule has 3 rings (SSSR count). The molecule has 0 amide bonds. The second-order valence-corrected chi connectivity index (χ2v) is 9.22. The maximum atomic E-state index is 13.0. The Morgan fingerprint density at radius 3 is 1.97 bits per heavy atom. The summed E-state index contributed by atoms with van der Waals surface area (Å²) in [6.07, 6.45) is 0. The van der Waals surface area contributed by atoms with Crippen molar-refractivity contribution in [1.29, 1.82) is 0 Å². The Balaban J connectivity index is 2.71. The van der Waals surface area contributed by atoms with Crippen LogP contribution >= 0.6 is 46.4 Å². The fourth-order valence-corrected chi connectivity index (χ4v) is 5.85. The van der Waals surface area contributed by atoms with Crippen molar-refractivity contribution < 1.29 is 23.2 Å². The van der Waals surface area contributed by atoms with Crippen molar-refractivity contribution >= 4 is 56.5 Å². The van der Waals surface area contributed by atoms with Crippen LogP contribution in [0.1, 0.15) is 16.7 Å². The van der Waals surface area contributed by atoms with E-state index in [2.05, 4.69) is 0 Å². The van der Waals surface area contributed by atoms with E-state index in [0.29, 0.717) is 0 Å². The number of hydrogen-bond donors (Lipinski definition) is 3. The van der Waals surface area contributed by atoms with Crippen LogP contribution in [0.3, 0.4) is 0 Å². The van der Waals surface area contributed by atoms with Gasteiger partial charge in [-0.25, -0.2) is 0 Å². The summed E-state index contributed by atoms with van der Waals surface area (Å²) in [6.45, 7) is 0. The number of benzene rings is 3. The van der Waals surface area contributed by atoms with Crippen molar-refractivity contribution in [2.24, 2.45) is 0 Å². The van der Waals surface area contributed by atoms with Gasteiger partial charge in [-0.2, -0.15) is 8.42 Å². The van der Waals surface area contributed by atoms with E-state index in [1.165, 1.54) is 36.4 Å². The van der Waals surface area contributed by atoms with Gasteiger partial charge in [0.1, 0.15) is 11.5 Å². The van der Waals surface area contributed by atoms with Crippen LogP contribution in [0.15, 0.2) is 54.6 Å². The summed E-state index contributed by atoms with van der Waals surface area (Å²) in [6, 6.07) is 11.8. The summed E-state index contributed by atoms with van der Waals surface area (Å²) in [5.41, 5.74) is -0.903. The average molecular weight is 494 g/mol. The van der Waals surface area contributed by atoms with Crippen molar-refractivity contribution in [3.05, 3.63) is 91.4 Å². The molecule has 152 valence electrons. The molecule has 0 aliphatic heterocycles. The van der Waals surface area contributed by atoms with E-state index in [1.807, 2.05) is 0 Å². The van der Waals surface area contributed by atoms with Gasteiger partial charge in [-0.1, -0.05) is 70.7 Å². The standard InChI is InChI=1S/C19H12Cl4O5S/c20-13-5-2-1-4-11(13)19(29(26,27)28,17-14(21)6-3-7-16(17)25)12-8-10(24)9-15(22)18(12)23/h1-9,24-25H,(H,26,27,28). The van der Waals surface area contributed by atoms with E-state index in [9.17, 15) is 23.2 Å². The van der Waals surface area contributed by atoms with Crippen LogP contribution < -0.4 is 0 Å². The highest BCUT2D eigenvalue weighted by atomic mass is 35.5. The van der Waals surface area contributed by atoms with Gasteiger partial charge in [0, 0.05) is 32.8 Å². The zero-order valence-electron chi connectivity index (χ0n) is 14.3. The van der Waals surface area contributed by atoms with Gasteiger partial charge in [0.05, 0.1) is 10.0 Å². The third-order valence-corrected chi connectivity index (χ3v) is 7.24. The van der Waals surface area contributed by atoms with Crippen LogP contribution in [-0.2, 0) is 14.9 Å². The Morgan fingerprint density at radius 1 is 0.759 bits per heavy atom. The molecule has 0 radical (unpaired) electrons. The Bertz CT molecular complexity index is 1190. The molecule has 3 aromatic carbocycles. The molecule has 29 heavy (non-hydrogen) atoms. The number of halogens is 4. The molecule has 1 unspecified atom stereocenters. The monoisotopic (exact) mass is 492 g/mol. The van der Waals surface area contributed by atoms with Gasteiger partial charge in [0.2, 0.25) is 0 Å². The number of phenolic OH excluding ortho intramolecular Hbond substituents is 2. The summed E-state index contributed by atoms with van der Waals surface area (Å²) in [4.78, 5) is 0. The first-order valence-corrected chi connectivity index (χ1v) is 10.9. The summed E-state index contributed by atoms with van der Waals surface area (Å²) >= 11 is 25.0. The summed E-state index contributed by atoms with van der Waals surface area (Å²) in [5, 5.41) is 19.9. The largest absolute Gasteiger partial charge is 0.508 e. The predicted molar refractivity (Wildman–Crippen MR) is 114 cm³/mol. The minimum Gasteiger partial charge on any atom is -0.508 e. The second kappa shape index (κ2) is 7.87. The molecule has 5 nitrogen and oxygen atoms in total. The van der Waals surface area contributed by atoms with Crippen LogP contribution in [0, 0.1) is 0 Å². The minimum absolute atomic E-state index is 0.0695. The number of aromatic hydroxyl groups is 2. The van der Waals surface area contributed by atoms with Crippen molar-refractivity contribution in [1.82, 2.24) is 0 Å². The predicted octanol–water partition coefficient (Wildman–Crippen LogP) is 5.89. The van der Waals surface area contributed by atoms with Crippen molar-refractivity contribution in [3.8, 4) is 11.5 Å². The first-order valence-electron chi connectivity index (χ1n) is 7.90. The lowest BCUT2D eigenvalue weighted by molar-refractivity contribution is 0.439. The van der Waals surface area contributed by atoms with Crippen molar-refractivity contribution in [3.63, 3.8) is 0 Å². The van der Waals surface area contributed by atoms with Gasteiger partial charge in [0.25, 0.3) is 10.1 Å².